The molecule has 0 aliphatic heterocycles. The van der Waals surface area contributed by atoms with Crippen molar-refractivity contribution in [2.24, 2.45) is 15.0 Å². The van der Waals surface area contributed by atoms with Crippen molar-refractivity contribution in [1.29, 1.82) is 0 Å². The minimum atomic E-state index is 0. The average Bonchev–Trinajstić information content (AvgIpc) is 2.77. The predicted molar refractivity (Wildman–Crippen MR) is 164 cm³/mol. The van der Waals surface area contributed by atoms with Gasteiger partial charge in [0.25, 0.3) is 0 Å². The summed E-state index contributed by atoms with van der Waals surface area (Å²) in [7, 11) is 10.7. The van der Waals surface area contributed by atoms with Crippen LogP contribution in [0.25, 0.3) is 16.0 Å². The van der Waals surface area contributed by atoms with Crippen molar-refractivity contribution in [3.05, 3.63) is 16.0 Å². The van der Waals surface area contributed by atoms with Gasteiger partial charge in [0.1, 0.15) is 0 Å². The van der Waals surface area contributed by atoms with Gasteiger partial charge in [-0.2, -0.15) is 0 Å². The van der Waals surface area contributed by atoms with Crippen LogP contribution in [-0.4, -0.2) is 111 Å². The normalized spacial score (nSPS) is 12.2. The van der Waals surface area contributed by atoms with Gasteiger partial charge in [0.05, 0.1) is 0 Å². The molecule has 0 heterocycles. The molecule has 0 aromatic heterocycles. The fourth-order valence-corrected chi connectivity index (χ4v) is 4.17. The van der Waals surface area contributed by atoms with Gasteiger partial charge in [-0.15, -0.1) is 0 Å². The van der Waals surface area contributed by atoms with Crippen molar-refractivity contribution in [1.82, 2.24) is 14.7 Å². The monoisotopic (exact) mass is 599 g/mol. The van der Waals surface area contributed by atoms with Crippen molar-refractivity contribution < 1.29 is 32.7 Å². The Balaban J connectivity index is -0.000000218. The van der Waals surface area contributed by atoms with E-state index >= 15 is 0 Å². The Labute approximate surface area is 256 Å². The molecule has 0 N–H and O–H groups in total. The number of rotatable bonds is 6. The first kappa shape index (κ1) is 43.0. The molecule has 0 spiro atoms. The predicted octanol–water partition coefficient (Wildman–Crippen LogP) is 6.28. The van der Waals surface area contributed by atoms with Gasteiger partial charge in [0.15, 0.2) is 0 Å². The SMILES string of the molecule is CN=C([N-]C)N(C(C)C)C(C)C.CN=C([N-]C)N(C(C)C)C(C)C.CN=C([N-]C)N(C(C)C)C(C)C.[Y+3]. The number of nitrogens with zero attached hydrogens (tertiary/aromatic N) is 9. The summed E-state index contributed by atoms with van der Waals surface area (Å²) in [6.45, 7) is 25.8. The number of hydrogen-bond acceptors (Lipinski definition) is 3. The smallest absolute Gasteiger partial charge is 0.421 e. The maximum atomic E-state index is 4.13. The Morgan fingerprint density at radius 1 is 0.405 bits per heavy atom. The summed E-state index contributed by atoms with van der Waals surface area (Å²) in [6.07, 6.45) is 0. The summed E-state index contributed by atoms with van der Waals surface area (Å²) >= 11 is 0. The summed E-state index contributed by atoms with van der Waals surface area (Å²) in [4.78, 5) is 19.0. The molecule has 0 bridgehead atoms. The van der Waals surface area contributed by atoms with Crippen LogP contribution in [0.15, 0.2) is 15.0 Å². The Bertz CT molecular complexity index is 518. The van der Waals surface area contributed by atoms with Crippen molar-refractivity contribution in [2.75, 3.05) is 42.3 Å². The zero-order valence-electron chi connectivity index (χ0n) is 27.6. The van der Waals surface area contributed by atoms with E-state index in [0.29, 0.717) is 36.3 Å². The molecule has 0 fully saturated rings. The van der Waals surface area contributed by atoms with Gasteiger partial charge in [-0.3, -0.25) is 0 Å². The summed E-state index contributed by atoms with van der Waals surface area (Å²) in [5.74, 6) is 2.50. The quantitative estimate of drug-likeness (QED) is 0.266. The molecule has 0 radical (unpaired) electrons. The van der Waals surface area contributed by atoms with Crippen LogP contribution in [0.3, 0.4) is 0 Å². The summed E-state index contributed by atoms with van der Waals surface area (Å²) < 4.78 is 0. The standard InChI is InChI=1S/3C9H20N3.Y/c3*1-7(2)12(8(3)4)9(10-5)11-6;/h3*7-8H,1-6H3;/q3*-1;+3. The van der Waals surface area contributed by atoms with Gasteiger partial charge in [0.2, 0.25) is 0 Å². The van der Waals surface area contributed by atoms with E-state index < -0.39 is 0 Å². The van der Waals surface area contributed by atoms with E-state index in [9.17, 15) is 0 Å². The van der Waals surface area contributed by atoms with Crippen molar-refractivity contribution in [3.63, 3.8) is 0 Å². The largest absolute Gasteiger partial charge is 3.00 e. The van der Waals surface area contributed by atoms with Crippen LogP contribution in [0.4, 0.5) is 0 Å². The average molecular weight is 600 g/mol. The summed E-state index contributed by atoms with van der Waals surface area (Å²) in [5.41, 5.74) is 0. The van der Waals surface area contributed by atoms with Crippen molar-refractivity contribution >= 4 is 17.9 Å². The van der Waals surface area contributed by atoms with Crippen LogP contribution in [-0.2, 0) is 32.7 Å². The molecule has 0 aliphatic carbocycles. The third kappa shape index (κ3) is 17.2. The molecule has 9 nitrogen and oxygen atoms in total. The molecule has 0 rings (SSSR count). The van der Waals surface area contributed by atoms with Crippen molar-refractivity contribution in [2.45, 2.75) is 119 Å². The third-order valence-corrected chi connectivity index (χ3v) is 5.23. The Kier molecular flexibility index (Phi) is 27.9. The van der Waals surface area contributed by atoms with Crippen LogP contribution >= 0.6 is 0 Å². The number of aliphatic imine (C=N–C) groups is 3. The fourth-order valence-electron chi connectivity index (χ4n) is 4.17. The Morgan fingerprint density at radius 3 is 0.568 bits per heavy atom. The molecule has 0 aromatic carbocycles. The van der Waals surface area contributed by atoms with E-state index in [1.54, 1.807) is 42.3 Å². The van der Waals surface area contributed by atoms with Crippen LogP contribution in [0.2, 0.25) is 0 Å². The fraction of sp³-hybridized carbons (Fsp3) is 0.889. The van der Waals surface area contributed by atoms with Crippen LogP contribution < -0.4 is 0 Å². The minimum absolute atomic E-state index is 0. The molecule has 0 aliphatic rings. The second-order valence-corrected chi connectivity index (χ2v) is 10.0. The van der Waals surface area contributed by atoms with Gasteiger partial charge < -0.3 is 45.6 Å². The van der Waals surface area contributed by atoms with Gasteiger partial charge >= 0.3 is 32.7 Å². The molecule has 0 atom stereocenters. The van der Waals surface area contributed by atoms with E-state index in [2.05, 4.69) is 129 Å². The molecule has 0 aromatic rings. The molecule has 216 valence electrons. The Hall–Kier alpha value is -1.09. The maximum Gasteiger partial charge on any atom is 3.00 e. The molecule has 10 heteroatoms. The molecule has 0 saturated carbocycles. The molecule has 0 unspecified atom stereocenters. The van der Waals surface area contributed by atoms with Crippen LogP contribution in [0.1, 0.15) is 83.1 Å². The van der Waals surface area contributed by atoms with Gasteiger partial charge in [-0.1, -0.05) is 83.1 Å². The second kappa shape index (κ2) is 24.0. The molecule has 0 amide bonds. The van der Waals surface area contributed by atoms with Crippen LogP contribution in [0, 0.1) is 0 Å². The topological polar surface area (TPSA) is 89.1 Å². The van der Waals surface area contributed by atoms with E-state index in [1.807, 2.05) is 0 Å². The first-order chi connectivity index (χ1) is 16.6. The zero-order valence-corrected chi connectivity index (χ0v) is 30.4. The summed E-state index contributed by atoms with van der Waals surface area (Å²) in [5, 5.41) is 12.4. The molecular formula is C27H60N9Y. The molecule has 37 heavy (non-hydrogen) atoms. The van der Waals surface area contributed by atoms with E-state index in [4.69, 9.17) is 0 Å². The summed E-state index contributed by atoms with van der Waals surface area (Å²) in [6, 6.07) is 2.71. The maximum absolute atomic E-state index is 4.13. The Morgan fingerprint density at radius 2 is 0.541 bits per heavy atom. The molecule has 0 saturated heterocycles. The minimum Gasteiger partial charge on any atom is -0.421 e. The third-order valence-electron chi connectivity index (χ3n) is 5.23. The number of guanidine groups is 3. The van der Waals surface area contributed by atoms with E-state index in [1.165, 1.54) is 0 Å². The van der Waals surface area contributed by atoms with Gasteiger partial charge in [-0.05, 0) is 78.5 Å². The van der Waals surface area contributed by atoms with Gasteiger partial charge in [-0.25, -0.2) is 0 Å². The zero-order chi connectivity index (χ0) is 29.2. The van der Waals surface area contributed by atoms with Crippen LogP contribution in [0.5, 0.6) is 0 Å². The van der Waals surface area contributed by atoms with E-state index in [-0.39, 0.29) is 32.7 Å². The molecular weight excluding hydrogens is 539 g/mol. The van der Waals surface area contributed by atoms with Crippen molar-refractivity contribution in [3.8, 4) is 0 Å². The number of hydrogen-bond donors (Lipinski definition) is 0. The van der Waals surface area contributed by atoms with Gasteiger partial charge in [0, 0.05) is 17.9 Å². The first-order valence-corrected chi connectivity index (χ1v) is 13.2. The first-order valence-electron chi connectivity index (χ1n) is 13.2. The van der Waals surface area contributed by atoms with E-state index in [0.717, 1.165) is 17.9 Å². The second-order valence-electron chi connectivity index (χ2n) is 10.0.